The van der Waals surface area contributed by atoms with Crippen LogP contribution in [0.1, 0.15) is 27.7 Å². The molecule has 0 aliphatic carbocycles. The smallest absolute Gasteiger partial charge is 0.301 e. The number of nitriles is 1. The highest BCUT2D eigenvalue weighted by atomic mass is 16.4. The zero-order valence-corrected chi connectivity index (χ0v) is 9.54. The number of nitrogens with zero attached hydrogens (tertiary/aromatic N) is 4. The third-order valence-corrected chi connectivity index (χ3v) is 2.26. The van der Waals surface area contributed by atoms with Crippen LogP contribution in [0.2, 0.25) is 0 Å². The number of amides is 1. The lowest BCUT2D eigenvalue weighted by molar-refractivity contribution is 0.0923. The molecule has 92 valence electrons. The summed E-state index contributed by atoms with van der Waals surface area (Å²) in [4.78, 5) is 15.1. The van der Waals surface area contributed by atoms with Gasteiger partial charge in [0.2, 0.25) is 0 Å². The van der Waals surface area contributed by atoms with Crippen molar-refractivity contribution in [2.75, 3.05) is 0 Å². The maximum atomic E-state index is 11.3. The molecule has 0 saturated heterocycles. The van der Waals surface area contributed by atoms with Crippen molar-refractivity contribution in [1.29, 1.82) is 5.26 Å². The van der Waals surface area contributed by atoms with Gasteiger partial charge >= 0.3 is 5.91 Å². The topological polar surface area (TPSA) is 123 Å². The van der Waals surface area contributed by atoms with Gasteiger partial charge in [0.1, 0.15) is 24.7 Å². The van der Waals surface area contributed by atoms with Crippen LogP contribution in [-0.4, -0.2) is 20.7 Å². The third-order valence-electron chi connectivity index (χ3n) is 2.26. The maximum Gasteiger partial charge on any atom is 0.301 e. The van der Waals surface area contributed by atoms with Gasteiger partial charge in [0.25, 0.3) is 5.82 Å². The Labute approximate surface area is 102 Å². The Morgan fingerprint density at radius 2 is 2.50 bits per heavy atom. The lowest BCUT2D eigenvalue weighted by Gasteiger charge is -1.97. The SMILES string of the molecule is Cc1cc(Cn2cnc(C#N)n2)oc1C(=O)NN. The quantitative estimate of drug-likeness (QED) is 0.435. The number of furan rings is 1. The van der Waals surface area contributed by atoms with E-state index in [1.54, 1.807) is 13.0 Å². The molecule has 0 atom stereocenters. The van der Waals surface area contributed by atoms with Gasteiger partial charge in [0, 0.05) is 5.56 Å². The van der Waals surface area contributed by atoms with Crippen LogP contribution in [-0.2, 0) is 6.54 Å². The van der Waals surface area contributed by atoms with E-state index >= 15 is 0 Å². The van der Waals surface area contributed by atoms with Crippen molar-refractivity contribution in [1.82, 2.24) is 20.2 Å². The largest absolute Gasteiger partial charge is 0.454 e. The molecular weight excluding hydrogens is 236 g/mol. The fourth-order valence-electron chi connectivity index (χ4n) is 1.50. The lowest BCUT2D eigenvalue weighted by atomic mass is 10.2. The molecule has 18 heavy (non-hydrogen) atoms. The molecule has 8 nitrogen and oxygen atoms in total. The fourth-order valence-corrected chi connectivity index (χ4v) is 1.50. The number of nitrogens with two attached hydrogens (primary N) is 1. The van der Waals surface area contributed by atoms with Gasteiger partial charge in [-0.15, -0.1) is 5.10 Å². The molecule has 0 aromatic carbocycles. The van der Waals surface area contributed by atoms with E-state index in [-0.39, 0.29) is 18.1 Å². The summed E-state index contributed by atoms with van der Waals surface area (Å²) < 4.78 is 6.80. The highest BCUT2D eigenvalue weighted by Gasteiger charge is 2.15. The predicted molar refractivity (Wildman–Crippen MR) is 58.9 cm³/mol. The van der Waals surface area contributed by atoms with Crippen molar-refractivity contribution >= 4 is 5.91 Å². The van der Waals surface area contributed by atoms with Crippen molar-refractivity contribution in [3.05, 3.63) is 35.3 Å². The molecule has 0 spiro atoms. The summed E-state index contributed by atoms with van der Waals surface area (Å²) in [5.74, 6) is 5.31. The number of aromatic nitrogens is 3. The van der Waals surface area contributed by atoms with E-state index in [4.69, 9.17) is 15.5 Å². The molecule has 2 heterocycles. The first-order valence-corrected chi connectivity index (χ1v) is 5.04. The normalized spacial score (nSPS) is 10.1. The van der Waals surface area contributed by atoms with Crippen LogP contribution in [0.25, 0.3) is 0 Å². The molecule has 0 bridgehead atoms. The predicted octanol–water partition coefficient (Wildman–Crippen LogP) is -0.297. The van der Waals surface area contributed by atoms with Gasteiger partial charge < -0.3 is 4.42 Å². The average Bonchev–Trinajstić information content (AvgIpc) is 2.95. The Hall–Kier alpha value is -2.66. The number of carbonyl (C=O) groups is 1. The lowest BCUT2D eigenvalue weighted by Crippen LogP contribution is -2.30. The maximum absolute atomic E-state index is 11.3. The zero-order valence-electron chi connectivity index (χ0n) is 9.54. The van der Waals surface area contributed by atoms with Crippen LogP contribution < -0.4 is 11.3 Å². The molecule has 3 N–H and O–H groups in total. The number of rotatable bonds is 3. The summed E-state index contributed by atoms with van der Waals surface area (Å²) in [5, 5.41) is 12.5. The number of hydrogen-bond acceptors (Lipinski definition) is 6. The average molecular weight is 246 g/mol. The summed E-state index contributed by atoms with van der Waals surface area (Å²) in [6.07, 6.45) is 1.42. The molecule has 8 heteroatoms. The van der Waals surface area contributed by atoms with E-state index in [9.17, 15) is 4.79 Å². The van der Waals surface area contributed by atoms with Gasteiger partial charge in [-0.3, -0.25) is 10.2 Å². The van der Waals surface area contributed by atoms with E-state index in [0.717, 1.165) is 0 Å². The minimum Gasteiger partial charge on any atom is -0.454 e. The van der Waals surface area contributed by atoms with E-state index < -0.39 is 5.91 Å². The minimum absolute atomic E-state index is 0.0817. The molecule has 0 radical (unpaired) electrons. The first-order chi connectivity index (χ1) is 8.63. The molecular formula is C10H10N6O2. The van der Waals surface area contributed by atoms with E-state index in [1.165, 1.54) is 11.0 Å². The van der Waals surface area contributed by atoms with Crippen LogP contribution in [0.15, 0.2) is 16.8 Å². The molecule has 2 aromatic heterocycles. The first-order valence-electron chi connectivity index (χ1n) is 5.04. The molecule has 2 aromatic rings. The van der Waals surface area contributed by atoms with Gasteiger partial charge in [-0.1, -0.05) is 0 Å². The Balaban J connectivity index is 2.20. The second-order valence-electron chi connectivity index (χ2n) is 3.58. The zero-order chi connectivity index (χ0) is 13.1. The van der Waals surface area contributed by atoms with E-state index in [1.807, 2.05) is 11.5 Å². The van der Waals surface area contributed by atoms with E-state index in [2.05, 4.69) is 10.1 Å². The molecule has 2 rings (SSSR count). The second-order valence-corrected chi connectivity index (χ2v) is 3.58. The van der Waals surface area contributed by atoms with Crippen LogP contribution >= 0.6 is 0 Å². The summed E-state index contributed by atoms with van der Waals surface area (Å²) in [5.41, 5.74) is 2.68. The highest BCUT2D eigenvalue weighted by Crippen LogP contribution is 2.15. The second kappa shape index (κ2) is 4.68. The Kier molecular flexibility index (Phi) is 3.07. The Morgan fingerprint density at radius 3 is 3.11 bits per heavy atom. The van der Waals surface area contributed by atoms with Crippen LogP contribution in [0.3, 0.4) is 0 Å². The minimum atomic E-state index is -0.491. The Bertz CT molecular complexity index is 621. The van der Waals surface area contributed by atoms with Crippen LogP contribution in [0.4, 0.5) is 0 Å². The van der Waals surface area contributed by atoms with Crippen LogP contribution in [0.5, 0.6) is 0 Å². The monoisotopic (exact) mass is 246 g/mol. The van der Waals surface area contributed by atoms with Gasteiger partial charge in [-0.25, -0.2) is 15.5 Å². The summed E-state index contributed by atoms with van der Waals surface area (Å²) in [7, 11) is 0. The molecule has 1 amide bonds. The first kappa shape index (κ1) is 11.8. The third kappa shape index (κ3) is 2.21. The molecule has 0 aliphatic rings. The van der Waals surface area contributed by atoms with Gasteiger partial charge in [0.05, 0.1) is 0 Å². The number of hydrazine groups is 1. The number of nitrogens with one attached hydrogen (secondary N) is 1. The molecule has 0 unspecified atom stereocenters. The number of aryl methyl sites for hydroxylation is 1. The van der Waals surface area contributed by atoms with Crippen molar-refractivity contribution in [3.63, 3.8) is 0 Å². The van der Waals surface area contributed by atoms with Gasteiger partial charge in [-0.05, 0) is 13.0 Å². The fraction of sp³-hybridized carbons (Fsp3) is 0.200. The van der Waals surface area contributed by atoms with Gasteiger partial charge in [-0.2, -0.15) is 5.26 Å². The van der Waals surface area contributed by atoms with Crippen molar-refractivity contribution in [2.24, 2.45) is 5.84 Å². The van der Waals surface area contributed by atoms with Crippen molar-refractivity contribution in [3.8, 4) is 6.07 Å². The molecule has 0 aliphatic heterocycles. The van der Waals surface area contributed by atoms with Crippen LogP contribution in [0, 0.1) is 18.3 Å². The van der Waals surface area contributed by atoms with E-state index in [0.29, 0.717) is 11.3 Å². The number of carbonyl (C=O) groups excluding carboxylic acids is 1. The molecule has 0 fully saturated rings. The van der Waals surface area contributed by atoms with Crippen molar-refractivity contribution < 1.29 is 9.21 Å². The molecule has 0 saturated carbocycles. The highest BCUT2D eigenvalue weighted by molar-refractivity contribution is 5.92. The number of hydrogen-bond donors (Lipinski definition) is 2. The standard InChI is InChI=1S/C10H10N6O2/c1-6-2-7(18-9(6)10(17)14-12)4-16-5-13-8(3-11)15-16/h2,5H,4,12H2,1H3,(H,14,17). The van der Waals surface area contributed by atoms with Crippen molar-refractivity contribution in [2.45, 2.75) is 13.5 Å². The number of nitrogen functional groups attached to an aromatic ring is 1. The summed E-state index contributed by atoms with van der Waals surface area (Å²) in [6, 6.07) is 3.53. The summed E-state index contributed by atoms with van der Waals surface area (Å²) in [6.45, 7) is 2.02. The Morgan fingerprint density at radius 1 is 1.72 bits per heavy atom. The summed E-state index contributed by atoms with van der Waals surface area (Å²) >= 11 is 0. The van der Waals surface area contributed by atoms with Gasteiger partial charge in [0.15, 0.2) is 5.76 Å².